The molecule has 0 spiro atoms. The summed E-state index contributed by atoms with van der Waals surface area (Å²) < 4.78 is 24.7. The van der Waals surface area contributed by atoms with Crippen molar-refractivity contribution < 1.29 is 8.78 Å². The Bertz CT molecular complexity index is 314. The maximum Gasteiger partial charge on any atom is 0.263 e. The van der Waals surface area contributed by atoms with E-state index in [2.05, 4.69) is 18.5 Å². The molecule has 0 saturated heterocycles. The molecule has 0 aliphatic rings. The van der Waals surface area contributed by atoms with Crippen molar-refractivity contribution in [1.82, 2.24) is 5.32 Å². The summed E-state index contributed by atoms with van der Waals surface area (Å²) in [5.74, 6) is 1.14. The van der Waals surface area contributed by atoms with E-state index in [9.17, 15) is 8.78 Å². The molecule has 0 fully saturated rings. The minimum Gasteiger partial charge on any atom is -0.310 e. The lowest BCUT2D eigenvalue weighted by Crippen LogP contribution is -2.25. The van der Waals surface area contributed by atoms with Crippen LogP contribution >= 0.6 is 11.8 Å². The van der Waals surface area contributed by atoms with E-state index in [1.165, 1.54) is 12.1 Å². The minimum absolute atomic E-state index is 0.0872. The van der Waals surface area contributed by atoms with Crippen LogP contribution in [0.5, 0.6) is 0 Å². The van der Waals surface area contributed by atoms with Crippen molar-refractivity contribution in [3.8, 4) is 0 Å². The van der Waals surface area contributed by atoms with Crippen LogP contribution in [0, 0.1) is 0 Å². The smallest absolute Gasteiger partial charge is 0.263 e. The van der Waals surface area contributed by atoms with Gasteiger partial charge in [-0.15, -0.1) is 0 Å². The van der Waals surface area contributed by atoms with Crippen LogP contribution < -0.4 is 5.32 Å². The molecule has 0 aromatic heterocycles. The molecule has 1 nitrogen and oxygen atoms in total. The molecule has 0 radical (unpaired) electrons. The lowest BCUT2D eigenvalue weighted by molar-refractivity contribution is 0.151. The lowest BCUT2D eigenvalue weighted by atomic mass is 10.1. The van der Waals surface area contributed by atoms with E-state index in [1.807, 2.05) is 11.8 Å². The zero-order chi connectivity index (χ0) is 12.7. The van der Waals surface area contributed by atoms with Crippen LogP contribution in [0.25, 0.3) is 0 Å². The van der Waals surface area contributed by atoms with Crippen molar-refractivity contribution in [3.05, 3.63) is 35.4 Å². The average Bonchev–Trinajstić information content (AvgIpc) is 2.34. The summed E-state index contributed by atoms with van der Waals surface area (Å²) >= 11 is 1.83. The lowest BCUT2D eigenvalue weighted by Gasteiger charge is -2.13. The number of alkyl halides is 2. The van der Waals surface area contributed by atoms with E-state index < -0.39 is 6.43 Å². The molecule has 0 bridgehead atoms. The molecule has 1 atom stereocenters. The molecule has 1 rings (SSSR count). The molecule has 1 unspecified atom stereocenters. The number of rotatable bonds is 7. The van der Waals surface area contributed by atoms with Crippen LogP contribution in [0.1, 0.15) is 30.9 Å². The Kier molecular flexibility index (Phi) is 6.52. The maximum atomic E-state index is 12.3. The van der Waals surface area contributed by atoms with Crippen molar-refractivity contribution in [2.24, 2.45) is 0 Å². The molecule has 1 aromatic rings. The molecule has 0 amide bonds. The third kappa shape index (κ3) is 5.50. The Morgan fingerprint density at radius 1 is 1.24 bits per heavy atom. The molecule has 1 aromatic carbocycles. The third-order valence-electron chi connectivity index (χ3n) is 2.64. The number of hydrogen-bond acceptors (Lipinski definition) is 2. The molecule has 1 N–H and O–H groups in total. The van der Waals surface area contributed by atoms with Gasteiger partial charge in [0, 0.05) is 18.2 Å². The molecule has 4 heteroatoms. The fraction of sp³-hybridized carbons (Fsp3) is 0.538. The van der Waals surface area contributed by atoms with Crippen molar-refractivity contribution in [3.63, 3.8) is 0 Å². The van der Waals surface area contributed by atoms with Gasteiger partial charge in [0.05, 0.1) is 0 Å². The van der Waals surface area contributed by atoms with Gasteiger partial charge in [0.25, 0.3) is 6.43 Å². The summed E-state index contributed by atoms with van der Waals surface area (Å²) in [6, 6.07) is 6.96. The first-order valence-corrected chi connectivity index (χ1v) is 7.12. The molecule has 0 aliphatic carbocycles. The zero-order valence-electron chi connectivity index (χ0n) is 10.2. The zero-order valence-corrected chi connectivity index (χ0v) is 11.1. The standard InChI is InChI=1S/C13H19F2NS/c1-10(7-8-17-2)16-9-11-3-5-12(6-4-11)13(14)15/h3-6,10,13,16H,7-9H2,1-2H3. The average molecular weight is 259 g/mol. The van der Waals surface area contributed by atoms with Gasteiger partial charge in [0.1, 0.15) is 0 Å². The quantitative estimate of drug-likeness (QED) is 0.798. The molecular weight excluding hydrogens is 240 g/mol. The van der Waals surface area contributed by atoms with Crippen LogP contribution in [0.4, 0.5) is 8.78 Å². The van der Waals surface area contributed by atoms with Crippen molar-refractivity contribution in [1.29, 1.82) is 0 Å². The van der Waals surface area contributed by atoms with E-state index in [-0.39, 0.29) is 5.56 Å². The van der Waals surface area contributed by atoms with Gasteiger partial charge in [-0.1, -0.05) is 24.3 Å². The van der Waals surface area contributed by atoms with Gasteiger partial charge in [0.15, 0.2) is 0 Å². The van der Waals surface area contributed by atoms with E-state index >= 15 is 0 Å². The van der Waals surface area contributed by atoms with E-state index in [0.717, 1.165) is 24.3 Å². The van der Waals surface area contributed by atoms with Crippen LogP contribution in [-0.2, 0) is 6.54 Å². The first-order valence-electron chi connectivity index (χ1n) is 5.72. The summed E-state index contributed by atoms with van der Waals surface area (Å²) in [6.07, 6.45) is 0.837. The van der Waals surface area contributed by atoms with E-state index in [1.54, 1.807) is 12.1 Å². The first-order chi connectivity index (χ1) is 8.13. The topological polar surface area (TPSA) is 12.0 Å². The molecule has 17 heavy (non-hydrogen) atoms. The van der Waals surface area contributed by atoms with E-state index in [0.29, 0.717) is 6.04 Å². The van der Waals surface area contributed by atoms with Gasteiger partial charge in [-0.3, -0.25) is 0 Å². The SMILES string of the molecule is CSCCC(C)NCc1ccc(C(F)F)cc1. The van der Waals surface area contributed by atoms with Crippen molar-refractivity contribution >= 4 is 11.8 Å². The number of hydrogen-bond donors (Lipinski definition) is 1. The van der Waals surface area contributed by atoms with Gasteiger partial charge in [-0.25, -0.2) is 8.78 Å². The largest absolute Gasteiger partial charge is 0.310 e. The molecule has 0 heterocycles. The van der Waals surface area contributed by atoms with Crippen LogP contribution in [-0.4, -0.2) is 18.1 Å². The summed E-state index contributed by atoms with van der Waals surface area (Å²) in [5.41, 5.74) is 1.13. The Morgan fingerprint density at radius 2 is 1.88 bits per heavy atom. The number of thioether (sulfide) groups is 1. The van der Waals surface area contributed by atoms with Crippen LogP contribution in [0.3, 0.4) is 0 Å². The predicted octanol–water partition coefficient (Wildman–Crippen LogP) is 3.86. The minimum atomic E-state index is -2.38. The molecule has 96 valence electrons. The van der Waals surface area contributed by atoms with Crippen molar-refractivity contribution in [2.75, 3.05) is 12.0 Å². The van der Waals surface area contributed by atoms with Crippen LogP contribution in [0.15, 0.2) is 24.3 Å². The Balaban J connectivity index is 2.36. The highest BCUT2D eigenvalue weighted by molar-refractivity contribution is 7.98. The number of benzene rings is 1. The highest BCUT2D eigenvalue weighted by Crippen LogP contribution is 2.18. The van der Waals surface area contributed by atoms with Gasteiger partial charge in [-0.2, -0.15) is 11.8 Å². The van der Waals surface area contributed by atoms with E-state index in [4.69, 9.17) is 0 Å². The molecular formula is C13H19F2NS. The Labute approximate surface area is 106 Å². The highest BCUT2D eigenvalue weighted by Gasteiger charge is 2.06. The second-order valence-electron chi connectivity index (χ2n) is 4.11. The van der Waals surface area contributed by atoms with Gasteiger partial charge in [0.2, 0.25) is 0 Å². The fourth-order valence-electron chi connectivity index (χ4n) is 1.47. The van der Waals surface area contributed by atoms with Gasteiger partial charge < -0.3 is 5.32 Å². The fourth-order valence-corrected chi connectivity index (χ4v) is 2.06. The third-order valence-corrected chi connectivity index (χ3v) is 3.29. The van der Waals surface area contributed by atoms with Gasteiger partial charge >= 0.3 is 0 Å². The highest BCUT2D eigenvalue weighted by atomic mass is 32.2. The monoisotopic (exact) mass is 259 g/mol. The molecule has 0 saturated carbocycles. The normalized spacial score (nSPS) is 13.0. The van der Waals surface area contributed by atoms with Crippen LogP contribution in [0.2, 0.25) is 0 Å². The number of nitrogens with one attached hydrogen (secondary N) is 1. The maximum absolute atomic E-state index is 12.3. The summed E-state index contributed by atoms with van der Waals surface area (Å²) in [4.78, 5) is 0. The predicted molar refractivity (Wildman–Crippen MR) is 70.7 cm³/mol. The van der Waals surface area contributed by atoms with Gasteiger partial charge in [-0.05, 0) is 30.9 Å². The number of halogens is 2. The first kappa shape index (κ1) is 14.5. The summed E-state index contributed by atoms with van der Waals surface area (Å²) in [5, 5.41) is 3.38. The second-order valence-corrected chi connectivity index (χ2v) is 5.09. The Morgan fingerprint density at radius 3 is 2.41 bits per heavy atom. The Hall–Kier alpha value is -0.610. The van der Waals surface area contributed by atoms with Crippen molar-refractivity contribution in [2.45, 2.75) is 32.4 Å². The molecule has 0 aliphatic heterocycles. The second kappa shape index (κ2) is 7.67. The summed E-state index contributed by atoms with van der Waals surface area (Å²) in [7, 11) is 0. The summed E-state index contributed by atoms with van der Waals surface area (Å²) in [6.45, 7) is 2.88.